The first-order chi connectivity index (χ1) is 6.88. The molecule has 6 nitrogen and oxygen atoms in total. The zero-order valence-electron chi connectivity index (χ0n) is 10.1. The molecular formula is C9H19IN6. The first-order valence-corrected chi connectivity index (χ1v) is 4.79. The Morgan fingerprint density at radius 3 is 2.62 bits per heavy atom. The van der Waals surface area contributed by atoms with Gasteiger partial charge in [-0.15, -0.1) is 34.2 Å². The molecule has 16 heavy (non-hydrogen) atoms. The topological polar surface area (TPSA) is 81.1 Å². The Hall–Kier alpha value is -0.860. The summed E-state index contributed by atoms with van der Waals surface area (Å²) in [7, 11) is 1.87. The van der Waals surface area contributed by atoms with Gasteiger partial charge in [0, 0.05) is 12.6 Å². The van der Waals surface area contributed by atoms with Gasteiger partial charge in [0.05, 0.1) is 0 Å². The van der Waals surface area contributed by atoms with Crippen LogP contribution in [0.15, 0.2) is 11.3 Å². The fraction of sp³-hybridized carbons (Fsp3) is 0.667. The highest BCUT2D eigenvalue weighted by atomic mass is 127. The maximum Gasteiger partial charge on any atom is 0.189 e. The number of aliphatic imine (C=N–C) groups is 1. The van der Waals surface area contributed by atoms with Crippen molar-refractivity contribution in [2.75, 3.05) is 0 Å². The van der Waals surface area contributed by atoms with Gasteiger partial charge in [-0.05, 0) is 20.8 Å². The maximum absolute atomic E-state index is 5.71. The smallest absolute Gasteiger partial charge is 0.189 e. The molecule has 92 valence electrons. The molecule has 0 unspecified atom stereocenters. The van der Waals surface area contributed by atoms with Crippen molar-refractivity contribution in [2.24, 2.45) is 17.8 Å². The van der Waals surface area contributed by atoms with Gasteiger partial charge in [0.1, 0.15) is 12.9 Å². The molecule has 0 atom stereocenters. The number of nitrogens with zero attached hydrogens (tertiary/aromatic N) is 4. The third kappa shape index (κ3) is 5.29. The van der Waals surface area contributed by atoms with Gasteiger partial charge in [-0.3, -0.25) is 0 Å². The Labute approximate surface area is 113 Å². The summed E-state index contributed by atoms with van der Waals surface area (Å²) in [4.78, 5) is 4.17. The summed E-state index contributed by atoms with van der Waals surface area (Å²) in [5.41, 5.74) is 5.63. The van der Waals surface area contributed by atoms with Crippen LogP contribution in [0.5, 0.6) is 0 Å². The molecule has 0 aromatic carbocycles. The Kier molecular flexibility index (Phi) is 5.70. The van der Waals surface area contributed by atoms with Crippen molar-refractivity contribution in [2.45, 2.75) is 32.9 Å². The van der Waals surface area contributed by atoms with E-state index in [-0.39, 0.29) is 29.5 Å². The number of aryl methyl sites for hydroxylation is 1. The number of nitrogens with one attached hydrogen (secondary N) is 1. The molecule has 0 aliphatic heterocycles. The number of hydrogen-bond donors (Lipinski definition) is 2. The molecular weight excluding hydrogens is 319 g/mol. The van der Waals surface area contributed by atoms with Crippen molar-refractivity contribution < 1.29 is 0 Å². The molecule has 1 rings (SSSR count). The summed E-state index contributed by atoms with van der Waals surface area (Å²) in [5.74, 6) is 1.21. The van der Waals surface area contributed by atoms with E-state index in [1.807, 2.05) is 32.4 Å². The molecule has 7 heteroatoms. The van der Waals surface area contributed by atoms with Crippen LogP contribution in [0.3, 0.4) is 0 Å². The van der Waals surface area contributed by atoms with Gasteiger partial charge >= 0.3 is 0 Å². The van der Waals surface area contributed by atoms with Crippen molar-refractivity contribution in [3.05, 3.63) is 12.2 Å². The van der Waals surface area contributed by atoms with Crippen LogP contribution in [0.25, 0.3) is 0 Å². The molecule has 0 aliphatic carbocycles. The molecule has 0 radical (unpaired) electrons. The van der Waals surface area contributed by atoms with Crippen LogP contribution in [-0.4, -0.2) is 26.3 Å². The average Bonchev–Trinajstić information content (AvgIpc) is 2.44. The van der Waals surface area contributed by atoms with E-state index in [1.54, 1.807) is 6.33 Å². The van der Waals surface area contributed by atoms with Crippen LogP contribution in [0, 0.1) is 0 Å². The van der Waals surface area contributed by atoms with Crippen LogP contribution < -0.4 is 11.1 Å². The van der Waals surface area contributed by atoms with Gasteiger partial charge in [0.2, 0.25) is 0 Å². The molecule has 0 spiro atoms. The quantitative estimate of drug-likeness (QED) is 0.471. The first kappa shape index (κ1) is 15.1. The van der Waals surface area contributed by atoms with E-state index < -0.39 is 0 Å². The largest absolute Gasteiger partial charge is 0.370 e. The van der Waals surface area contributed by atoms with Crippen LogP contribution >= 0.6 is 24.0 Å². The van der Waals surface area contributed by atoms with E-state index in [2.05, 4.69) is 20.5 Å². The van der Waals surface area contributed by atoms with Gasteiger partial charge in [-0.1, -0.05) is 0 Å². The zero-order chi connectivity index (χ0) is 11.5. The first-order valence-electron chi connectivity index (χ1n) is 4.79. The fourth-order valence-corrected chi connectivity index (χ4v) is 1.03. The highest BCUT2D eigenvalue weighted by Crippen LogP contribution is 1.98. The number of aromatic nitrogens is 3. The van der Waals surface area contributed by atoms with E-state index in [1.165, 1.54) is 0 Å². The SMILES string of the molecule is Cn1cnnc1CN=C(N)NC(C)(C)C.I. The number of hydrogen-bond acceptors (Lipinski definition) is 3. The minimum Gasteiger partial charge on any atom is -0.370 e. The third-order valence-electron chi connectivity index (χ3n) is 1.70. The second kappa shape index (κ2) is 6.02. The van der Waals surface area contributed by atoms with E-state index >= 15 is 0 Å². The number of guanidine groups is 1. The lowest BCUT2D eigenvalue weighted by molar-refractivity contribution is 0.508. The minimum atomic E-state index is -0.0759. The number of rotatable bonds is 2. The Bertz CT molecular complexity index is 351. The van der Waals surface area contributed by atoms with Crippen molar-refractivity contribution in [1.82, 2.24) is 20.1 Å². The molecule has 1 aromatic heterocycles. The predicted octanol–water partition coefficient (Wildman–Crippen LogP) is 0.636. The lowest BCUT2D eigenvalue weighted by Gasteiger charge is -2.20. The van der Waals surface area contributed by atoms with Crippen LogP contribution in [0.1, 0.15) is 26.6 Å². The second-order valence-corrected chi connectivity index (χ2v) is 4.43. The molecule has 1 aromatic rings. The molecule has 0 fully saturated rings. The summed E-state index contributed by atoms with van der Waals surface area (Å²) in [6.07, 6.45) is 1.64. The summed E-state index contributed by atoms with van der Waals surface area (Å²) in [6.45, 7) is 6.51. The van der Waals surface area contributed by atoms with Gasteiger partial charge in [0.15, 0.2) is 11.8 Å². The predicted molar refractivity (Wildman–Crippen MR) is 74.6 cm³/mol. The highest BCUT2D eigenvalue weighted by Gasteiger charge is 2.09. The molecule has 3 N–H and O–H groups in total. The molecule has 0 saturated heterocycles. The normalized spacial score (nSPS) is 12.1. The van der Waals surface area contributed by atoms with Crippen molar-refractivity contribution >= 4 is 29.9 Å². The molecule has 0 saturated carbocycles. The van der Waals surface area contributed by atoms with Crippen molar-refractivity contribution in [1.29, 1.82) is 0 Å². The Morgan fingerprint density at radius 2 is 2.19 bits per heavy atom. The van der Waals surface area contributed by atoms with Crippen molar-refractivity contribution in [3.63, 3.8) is 0 Å². The highest BCUT2D eigenvalue weighted by molar-refractivity contribution is 14.0. The van der Waals surface area contributed by atoms with Gasteiger partial charge in [-0.25, -0.2) is 4.99 Å². The summed E-state index contributed by atoms with van der Waals surface area (Å²) in [6, 6.07) is 0. The monoisotopic (exact) mass is 338 g/mol. The zero-order valence-corrected chi connectivity index (χ0v) is 12.4. The van der Waals surface area contributed by atoms with E-state index in [9.17, 15) is 0 Å². The minimum absolute atomic E-state index is 0. The summed E-state index contributed by atoms with van der Waals surface area (Å²) in [5, 5.41) is 10.7. The van der Waals surface area contributed by atoms with Gasteiger partial charge in [0.25, 0.3) is 0 Å². The molecule has 1 heterocycles. The lowest BCUT2D eigenvalue weighted by Crippen LogP contribution is -2.45. The molecule has 0 amide bonds. The number of nitrogens with two attached hydrogens (primary N) is 1. The third-order valence-corrected chi connectivity index (χ3v) is 1.70. The van der Waals surface area contributed by atoms with Gasteiger partial charge in [-0.2, -0.15) is 0 Å². The van der Waals surface area contributed by atoms with Crippen LogP contribution in [0.4, 0.5) is 0 Å². The van der Waals surface area contributed by atoms with Crippen LogP contribution in [0.2, 0.25) is 0 Å². The fourth-order valence-electron chi connectivity index (χ4n) is 1.03. The van der Waals surface area contributed by atoms with Gasteiger partial charge < -0.3 is 15.6 Å². The van der Waals surface area contributed by atoms with Crippen LogP contribution in [-0.2, 0) is 13.6 Å². The summed E-state index contributed by atoms with van der Waals surface area (Å²) >= 11 is 0. The molecule has 0 bridgehead atoms. The van der Waals surface area contributed by atoms with E-state index in [0.717, 1.165) is 5.82 Å². The van der Waals surface area contributed by atoms with E-state index in [0.29, 0.717) is 12.5 Å². The second-order valence-electron chi connectivity index (χ2n) is 4.43. The summed E-state index contributed by atoms with van der Waals surface area (Å²) < 4.78 is 1.81. The Balaban J connectivity index is 0.00000225. The number of halogens is 1. The Morgan fingerprint density at radius 1 is 1.56 bits per heavy atom. The standard InChI is InChI=1S/C9H18N6.HI/c1-9(2,3)13-8(10)11-5-7-14-12-6-15(7)4;/h6H,5H2,1-4H3,(H3,10,11,13);1H. The van der Waals surface area contributed by atoms with E-state index in [4.69, 9.17) is 5.73 Å². The average molecular weight is 338 g/mol. The lowest BCUT2D eigenvalue weighted by atomic mass is 10.1. The van der Waals surface area contributed by atoms with Crippen molar-refractivity contribution in [3.8, 4) is 0 Å². The maximum atomic E-state index is 5.71. The molecule has 0 aliphatic rings.